The Balaban J connectivity index is 2.39. The Morgan fingerprint density at radius 1 is 1.29 bits per heavy atom. The summed E-state index contributed by atoms with van der Waals surface area (Å²) in [6, 6.07) is 0. The van der Waals surface area contributed by atoms with E-state index in [1.165, 1.54) is 0 Å². The van der Waals surface area contributed by atoms with E-state index in [9.17, 15) is 4.79 Å². The van der Waals surface area contributed by atoms with Crippen LogP contribution in [0.5, 0.6) is 0 Å². The molecule has 1 atom stereocenters. The molecule has 0 aromatic heterocycles. The first-order chi connectivity index (χ1) is 6.52. The van der Waals surface area contributed by atoms with Gasteiger partial charge in [0.25, 0.3) is 0 Å². The van der Waals surface area contributed by atoms with Gasteiger partial charge in [0.2, 0.25) is 5.91 Å². The Morgan fingerprint density at radius 2 is 1.79 bits per heavy atom. The van der Waals surface area contributed by atoms with Crippen LogP contribution in [0.25, 0.3) is 0 Å². The molecule has 14 heavy (non-hydrogen) atoms. The van der Waals surface area contributed by atoms with Crippen LogP contribution in [0.3, 0.4) is 0 Å². The van der Waals surface area contributed by atoms with E-state index in [0.29, 0.717) is 10.7 Å². The molecule has 82 valence electrons. The number of hydrogen-bond donors (Lipinski definition) is 0. The van der Waals surface area contributed by atoms with Gasteiger partial charge in [-0.1, -0.05) is 36.7 Å². The highest BCUT2D eigenvalue weighted by atomic mass is 79.9. The Kier molecular flexibility index (Phi) is 4.42. The van der Waals surface area contributed by atoms with E-state index in [0.717, 1.165) is 31.8 Å². The second-order valence-electron chi connectivity index (χ2n) is 4.49. The van der Waals surface area contributed by atoms with Crippen molar-refractivity contribution in [3.63, 3.8) is 0 Å². The Hall–Kier alpha value is -0.0500. The molecule has 1 unspecified atom stereocenters. The molecule has 0 aliphatic carbocycles. The Labute approximate surface area is 95.2 Å². The van der Waals surface area contributed by atoms with E-state index in [2.05, 4.69) is 22.9 Å². The first-order valence-electron chi connectivity index (χ1n) is 5.45. The molecule has 0 aromatic rings. The van der Waals surface area contributed by atoms with Gasteiger partial charge in [-0.2, -0.15) is 0 Å². The second kappa shape index (κ2) is 5.15. The summed E-state index contributed by atoms with van der Waals surface area (Å²) in [6.45, 7) is 8.03. The minimum absolute atomic E-state index is 0.146. The molecule has 1 aliphatic heterocycles. The summed E-state index contributed by atoms with van der Waals surface area (Å²) < 4.78 is 0. The summed E-state index contributed by atoms with van der Waals surface area (Å²) in [5, 5.41) is 0. The zero-order valence-electron chi connectivity index (χ0n) is 9.29. The van der Waals surface area contributed by atoms with Crippen LogP contribution in [0, 0.1) is 11.8 Å². The zero-order valence-corrected chi connectivity index (χ0v) is 10.9. The average molecular weight is 262 g/mol. The number of halogens is 1. The molecule has 0 spiro atoms. The fourth-order valence-corrected chi connectivity index (χ4v) is 2.47. The van der Waals surface area contributed by atoms with E-state index >= 15 is 0 Å². The number of alkyl halides is 1. The molecular weight excluding hydrogens is 242 g/mol. The highest BCUT2D eigenvalue weighted by Crippen LogP contribution is 2.25. The third-order valence-electron chi connectivity index (χ3n) is 2.99. The van der Waals surface area contributed by atoms with Gasteiger partial charge in [-0.15, -0.1) is 0 Å². The Morgan fingerprint density at radius 3 is 2.14 bits per heavy atom. The van der Waals surface area contributed by atoms with Crippen LogP contribution in [-0.4, -0.2) is 28.7 Å². The molecule has 0 radical (unpaired) electrons. The largest absolute Gasteiger partial charge is 0.342 e. The number of likely N-dealkylation sites (tertiary alicyclic amines) is 1. The molecule has 0 bridgehead atoms. The molecule has 0 saturated carbocycles. The third-order valence-corrected chi connectivity index (χ3v) is 3.74. The van der Waals surface area contributed by atoms with Crippen molar-refractivity contribution in [3.05, 3.63) is 0 Å². The van der Waals surface area contributed by atoms with Crippen LogP contribution in [0.15, 0.2) is 0 Å². The van der Waals surface area contributed by atoms with E-state index < -0.39 is 0 Å². The van der Waals surface area contributed by atoms with Gasteiger partial charge in [-0.25, -0.2) is 0 Å². The zero-order chi connectivity index (χ0) is 10.7. The van der Waals surface area contributed by atoms with Crippen molar-refractivity contribution in [2.75, 3.05) is 13.1 Å². The van der Waals surface area contributed by atoms with E-state index in [4.69, 9.17) is 0 Å². The summed E-state index contributed by atoms with van der Waals surface area (Å²) in [4.78, 5) is 14.3. The number of hydrogen-bond acceptors (Lipinski definition) is 1. The van der Waals surface area contributed by atoms with Crippen molar-refractivity contribution in [2.24, 2.45) is 11.8 Å². The fourth-order valence-electron chi connectivity index (χ4n) is 1.94. The van der Waals surface area contributed by atoms with Crippen LogP contribution in [-0.2, 0) is 4.79 Å². The van der Waals surface area contributed by atoms with E-state index in [1.54, 1.807) is 0 Å². The van der Waals surface area contributed by atoms with Gasteiger partial charge in [0.1, 0.15) is 0 Å². The lowest BCUT2D eigenvalue weighted by Crippen LogP contribution is -2.41. The second-order valence-corrected chi connectivity index (χ2v) is 5.94. The lowest BCUT2D eigenvalue weighted by Gasteiger charge is -2.34. The van der Waals surface area contributed by atoms with E-state index in [-0.39, 0.29) is 5.92 Å². The number of carbonyl (C=O) groups excluding carboxylic acids is 1. The third kappa shape index (κ3) is 2.97. The van der Waals surface area contributed by atoms with Gasteiger partial charge in [0.05, 0.1) is 0 Å². The first-order valence-corrected chi connectivity index (χ1v) is 6.36. The van der Waals surface area contributed by atoms with Crippen molar-refractivity contribution in [3.8, 4) is 0 Å². The predicted octanol–water partition coefficient (Wildman–Crippen LogP) is 2.66. The van der Waals surface area contributed by atoms with Crippen LogP contribution in [0.4, 0.5) is 0 Å². The monoisotopic (exact) mass is 261 g/mol. The minimum atomic E-state index is 0.146. The highest BCUT2D eigenvalue weighted by molar-refractivity contribution is 9.09. The first kappa shape index (κ1) is 12.0. The molecule has 1 heterocycles. The Bertz CT molecular complexity index is 195. The summed E-state index contributed by atoms with van der Waals surface area (Å²) in [5.41, 5.74) is 0. The molecule has 3 heteroatoms. The van der Waals surface area contributed by atoms with Crippen LogP contribution in [0.1, 0.15) is 33.6 Å². The lowest BCUT2D eigenvalue weighted by atomic mass is 9.94. The van der Waals surface area contributed by atoms with Crippen LogP contribution >= 0.6 is 15.9 Å². The molecule has 1 aliphatic rings. The van der Waals surface area contributed by atoms with Gasteiger partial charge in [0.15, 0.2) is 0 Å². The molecule has 1 amide bonds. The van der Waals surface area contributed by atoms with Crippen molar-refractivity contribution < 1.29 is 4.79 Å². The van der Waals surface area contributed by atoms with Crippen LogP contribution < -0.4 is 0 Å². The molecule has 1 fully saturated rings. The smallest absolute Gasteiger partial charge is 0.225 e. The predicted molar refractivity (Wildman–Crippen MR) is 62.5 cm³/mol. The SMILES string of the molecule is CC(C)C(=O)N1CCC(C(C)Br)CC1. The maximum atomic E-state index is 11.7. The number of carbonyl (C=O) groups is 1. The normalized spacial score (nSPS) is 21.4. The van der Waals surface area contributed by atoms with Crippen molar-refractivity contribution in [1.29, 1.82) is 0 Å². The standard InChI is InChI=1S/C11H20BrNO/c1-8(2)11(14)13-6-4-10(5-7-13)9(3)12/h8-10H,4-7H2,1-3H3. The van der Waals surface area contributed by atoms with Crippen molar-refractivity contribution in [2.45, 2.75) is 38.4 Å². The number of amides is 1. The van der Waals surface area contributed by atoms with Crippen LogP contribution in [0.2, 0.25) is 0 Å². The molecular formula is C11H20BrNO. The quantitative estimate of drug-likeness (QED) is 0.700. The van der Waals surface area contributed by atoms with Gasteiger partial charge in [-0.3, -0.25) is 4.79 Å². The lowest BCUT2D eigenvalue weighted by molar-refractivity contribution is -0.135. The maximum absolute atomic E-state index is 11.7. The minimum Gasteiger partial charge on any atom is -0.342 e. The average Bonchev–Trinajstić information content (AvgIpc) is 2.16. The fraction of sp³-hybridized carbons (Fsp3) is 0.909. The van der Waals surface area contributed by atoms with Crippen molar-refractivity contribution in [1.82, 2.24) is 4.90 Å². The van der Waals surface area contributed by atoms with Gasteiger partial charge < -0.3 is 4.90 Å². The molecule has 0 aromatic carbocycles. The number of rotatable bonds is 2. The molecule has 1 rings (SSSR count). The van der Waals surface area contributed by atoms with Crippen molar-refractivity contribution >= 4 is 21.8 Å². The maximum Gasteiger partial charge on any atom is 0.225 e. The highest BCUT2D eigenvalue weighted by Gasteiger charge is 2.25. The van der Waals surface area contributed by atoms with E-state index in [1.807, 2.05) is 18.7 Å². The number of piperidine rings is 1. The molecule has 0 N–H and O–H groups in total. The topological polar surface area (TPSA) is 20.3 Å². The molecule has 2 nitrogen and oxygen atoms in total. The summed E-state index contributed by atoms with van der Waals surface area (Å²) in [5.74, 6) is 1.20. The molecule has 1 saturated heterocycles. The van der Waals surface area contributed by atoms with Gasteiger partial charge in [0, 0.05) is 23.8 Å². The van der Waals surface area contributed by atoms with Gasteiger partial charge >= 0.3 is 0 Å². The van der Waals surface area contributed by atoms with Gasteiger partial charge in [-0.05, 0) is 18.8 Å². The summed E-state index contributed by atoms with van der Waals surface area (Å²) in [6.07, 6.45) is 2.29. The summed E-state index contributed by atoms with van der Waals surface area (Å²) in [7, 11) is 0. The number of nitrogens with zero attached hydrogens (tertiary/aromatic N) is 1. The summed E-state index contributed by atoms with van der Waals surface area (Å²) >= 11 is 3.62.